The van der Waals surface area contributed by atoms with Crippen molar-refractivity contribution in [1.82, 2.24) is 10.3 Å². The van der Waals surface area contributed by atoms with Crippen LogP contribution in [0.5, 0.6) is 0 Å². The molecule has 0 saturated heterocycles. The Morgan fingerprint density at radius 1 is 1.61 bits per heavy atom. The van der Waals surface area contributed by atoms with Gasteiger partial charge in [-0.05, 0) is 25.3 Å². The zero-order chi connectivity index (χ0) is 13.6. The number of nitrogens with one attached hydrogen (secondary N) is 2. The summed E-state index contributed by atoms with van der Waals surface area (Å²) in [5.41, 5.74) is 0.595. The Morgan fingerprint density at radius 2 is 2.33 bits per heavy atom. The summed E-state index contributed by atoms with van der Waals surface area (Å²) >= 11 is 1.61. The maximum absolute atomic E-state index is 11.2. The number of thioether (sulfide) groups is 1. The maximum atomic E-state index is 11.2. The number of carbonyl (C=O) groups is 1. The fourth-order valence-corrected chi connectivity index (χ4v) is 2.32. The zero-order valence-electron chi connectivity index (χ0n) is 10.9. The van der Waals surface area contributed by atoms with E-state index in [0.29, 0.717) is 24.5 Å². The number of H-pyrrole nitrogens is 1. The first-order chi connectivity index (χ1) is 8.48. The summed E-state index contributed by atoms with van der Waals surface area (Å²) in [6.07, 6.45) is 1.96. The number of aromatic nitrogens is 1. The van der Waals surface area contributed by atoms with Gasteiger partial charge in [-0.25, -0.2) is 4.79 Å². The van der Waals surface area contributed by atoms with Gasteiger partial charge in [-0.3, -0.25) is 0 Å². The highest BCUT2D eigenvalue weighted by Crippen LogP contribution is 2.09. The van der Waals surface area contributed by atoms with Gasteiger partial charge in [-0.1, -0.05) is 0 Å². The van der Waals surface area contributed by atoms with Crippen molar-refractivity contribution in [3.8, 4) is 0 Å². The number of hydrogen-bond acceptors (Lipinski definition) is 5. The van der Waals surface area contributed by atoms with E-state index in [0.717, 1.165) is 5.69 Å². The van der Waals surface area contributed by atoms with Crippen molar-refractivity contribution in [2.24, 2.45) is 0 Å². The molecule has 1 aromatic rings. The summed E-state index contributed by atoms with van der Waals surface area (Å²) in [5, 5.41) is 13.1. The molecule has 1 heterocycles. The van der Waals surface area contributed by atoms with Crippen molar-refractivity contribution in [2.45, 2.75) is 19.1 Å². The number of aromatic amines is 1. The van der Waals surface area contributed by atoms with Crippen molar-refractivity contribution in [2.75, 3.05) is 25.7 Å². The summed E-state index contributed by atoms with van der Waals surface area (Å²) in [5.74, 6) is 0.300. The highest BCUT2D eigenvalue weighted by Gasteiger charge is 2.18. The van der Waals surface area contributed by atoms with Crippen LogP contribution in [0.3, 0.4) is 0 Å². The first kappa shape index (κ1) is 15.1. The minimum absolute atomic E-state index is 0.379. The molecule has 3 N–H and O–H groups in total. The number of hydrogen-bond donors (Lipinski definition) is 3. The third-order valence-corrected chi connectivity index (χ3v) is 3.34. The van der Waals surface area contributed by atoms with E-state index >= 15 is 0 Å². The van der Waals surface area contributed by atoms with Crippen LogP contribution in [0.1, 0.15) is 23.1 Å². The molecule has 0 aliphatic rings. The Hall–Kier alpha value is -0.980. The summed E-state index contributed by atoms with van der Waals surface area (Å²) in [7, 11) is 1.35. The standard InChI is InChI=1S/C12H20N2O3S/c1-12(16,8-18-3)7-13-6-9-4-5-10(14-9)11(15)17-2/h4-5,13-14,16H,6-8H2,1-3H3. The van der Waals surface area contributed by atoms with Gasteiger partial charge in [-0.15, -0.1) is 0 Å². The third kappa shape index (κ3) is 4.72. The number of methoxy groups -OCH3 is 1. The molecule has 0 bridgehead atoms. The third-order valence-electron chi connectivity index (χ3n) is 2.43. The number of aliphatic hydroxyl groups is 1. The van der Waals surface area contributed by atoms with E-state index in [1.807, 2.05) is 12.3 Å². The topological polar surface area (TPSA) is 74.3 Å². The zero-order valence-corrected chi connectivity index (χ0v) is 11.8. The number of rotatable bonds is 7. The highest BCUT2D eigenvalue weighted by atomic mass is 32.2. The predicted molar refractivity (Wildman–Crippen MR) is 72.8 cm³/mol. The van der Waals surface area contributed by atoms with E-state index in [9.17, 15) is 9.90 Å². The Balaban J connectivity index is 2.40. The molecule has 0 aliphatic heterocycles. The Labute approximate surface area is 111 Å². The Kier molecular flexibility index (Phi) is 5.71. The van der Waals surface area contributed by atoms with Crippen LogP contribution in [0.25, 0.3) is 0 Å². The average Bonchev–Trinajstić information content (AvgIpc) is 2.76. The summed E-state index contributed by atoms with van der Waals surface area (Å²) < 4.78 is 4.61. The lowest BCUT2D eigenvalue weighted by molar-refractivity contribution is 0.0594. The molecule has 0 saturated carbocycles. The molecule has 5 nitrogen and oxygen atoms in total. The van der Waals surface area contributed by atoms with Crippen molar-refractivity contribution in [3.63, 3.8) is 0 Å². The average molecular weight is 272 g/mol. The molecular formula is C12H20N2O3S. The van der Waals surface area contributed by atoms with E-state index in [1.54, 1.807) is 24.8 Å². The SMILES string of the molecule is COC(=O)c1ccc(CNCC(C)(O)CSC)[nH]1. The molecule has 6 heteroatoms. The second kappa shape index (κ2) is 6.82. The molecule has 18 heavy (non-hydrogen) atoms. The number of ether oxygens (including phenoxy) is 1. The van der Waals surface area contributed by atoms with Crippen molar-refractivity contribution in [1.29, 1.82) is 0 Å². The summed E-state index contributed by atoms with van der Waals surface area (Å²) in [4.78, 5) is 14.2. The van der Waals surface area contributed by atoms with Crippen LogP contribution in [0.2, 0.25) is 0 Å². The fourth-order valence-electron chi connectivity index (χ4n) is 1.60. The lowest BCUT2D eigenvalue weighted by Crippen LogP contribution is -2.39. The molecule has 1 rings (SSSR count). The van der Waals surface area contributed by atoms with Crippen LogP contribution < -0.4 is 5.32 Å². The predicted octanol–water partition coefficient (Wildman–Crippen LogP) is 1.00. The van der Waals surface area contributed by atoms with Crippen LogP contribution in [0.4, 0.5) is 0 Å². The molecule has 0 aromatic carbocycles. The molecule has 0 aliphatic carbocycles. The van der Waals surface area contributed by atoms with Crippen LogP contribution in [0, 0.1) is 0 Å². The van der Waals surface area contributed by atoms with Gasteiger partial charge in [0.25, 0.3) is 0 Å². The Bertz CT molecular complexity index is 390. The van der Waals surface area contributed by atoms with Crippen molar-refractivity contribution in [3.05, 3.63) is 23.5 Å². The first-order valence-corrected chi connectivity index (χ1v) is 7.06. The van der Waals surface area contributed by atoms with Gasteiger partial charge in [0.2, 0.25) is 0 Å². The van der Waals surface area contributed by atoms with Crippen LogP contribution in [-0.4, -0.2) is 47.3 Å². The summed E-state index contributed by atoms with van der Waals surface area (Å²) in [6.45, 7) is 2.87. The lowest BCUT2D eigenvalue weighted by Gasteiger charge is -2.22. The van der Waals surface area contributed by atoms with E-state index in [4.69, 9.17) is 0 Å². The van der Waals surface area contributed by atoms with Gasteiger partial charge in [0.05, 0.1) is 12.7 Å². The van der Waals surface area contributed by atoms with Gasteiger partial charge in [0, 0.05) is 24.5 Å². The maximum Gasteiger partial charge on any atom is 0.354 e. The van der Waals surface area contributed by atoms with Gasteiger partial charge in [0.15, 0.2) is 0 Å². The smallest absolute Gasteiger partial charge is 0.354 e. The normalized spacial score (nSPS) is 14.2. The van der Waals surface area contributed by atoms with Crippen LogP contribution in [0.15, 0.2) is 12.1 Å². The van der Waals surface area contributed by atoms with Gasteiger partial charge in [0.1, 0.15) is 5.69 Å². The molecule has 0 amide bonds. The van der Waals surface area contributed by atoms with E-state index < -0.39 is 5.60 Å². The first-order valence-electron chi connectivity index (χ1n) is 5.67. The fraction of sp³-hybridized carbons (Fsp3) is 0.583. The van der Waals surface area contributed by atoms with Crippen LogP contribution >= 0.6 is 11.8 Å². The minimum atomic E-state index is -0.725. The molecule has 1 atom stereocenters. The van der Waals surface area contributed by atoms with Gasteiger partial charge < -0.3 is 20.1 Å². The van der Waals surface area contributed by atoms with Crippen molar-refractivity contribution < 1.29 is 14.6 Å². The van der Waals surface area contributed by atoms with Crippen LogP contribution in [-0.2, 0) is 11.3 Å². The minimum Gasteiger partial charge on any atom is -0.464 e. The number of esters is 1. The molecule has 1 aromatic heterocycles. The highest BCUT2D eigenvalue weighted by molar-refractivity contribution is 7.98. The Morgan fingerprint density at radius 3 is 2.94 bits per heavy atom. The van der Waals surface area contributed by atoms with Crippen molar-refractivity contribution >= 4 is 17.7 Å². The molecule has 0 fully saturated rings. The molecular weight excluding hydrogens is 252 g/mol. The molecule has 1 unspecified atom stereocenters. The monoisotopic (exact) mass is 272 g/mol. The van der Waals surface area contributed by atoms with E-state index in [1.165, 1.54) is 7.11 Å². The molecule has 102 valence electrons. The quantitative estimate of drug-likeness (QED) is 0.646. The second-order valence-electron chi connectivity index (χ2n) is 4.42. The largest absolute Gasteiger partial charge is 0.464 e. The molecule has 0 radical (unpaired) electrons. The lowest BCUT2D eigenvalue weighted by atomic mass is 10.1. The second-order valence-corrected chi connectivity index (χ2v) is 5.29. The van der Waals surface area contributed by atoms with E-state index in [-0.39, 0.29) is 5.97 Å². The summed E-state index contributed by atoms with van der Waals surface area (Å²) in [6, 6.07) is 3.51. The van der Waals surface area contributed by atoms with Gasteiger partial charge >= 0.3 is 5.97 Å². The number of carbonyl (C=O) groups excluding carboxylic acids is 1. The van der Waals surface area contributed by atoms with E-state index in [2.05, 4.69) is 15.0 Å². The molecule has 0 spiro atoms. The van der Waals surface area contributed by atoms with Gasteiger partial charge in [-0.2, -0.15) is 11.8 Å².